The molecule has 0 unspecified atom stereocenters. The number of benzene rings is 1. The van der Waals surface area contributed by atoms with Crippen LogP contribution in [0, 0.1) is 5.92 Å². The lowest BCUT2D eigenvalue weighted by atomic mass is 10.2. The first kappa shape index (κ1) is 15.3. The van der Waals surface area contributed by atoms with Gasteiger partial charge < -0.3 is 5.32 Å². The molecule has 1 amide bonds. The predicted molar refractivity (Wildman–Crippen MR) is 87.9 cm³/mol. The minimum atomic E-state index is -3.64. The Morgan fingerprint density at radius 2 is 1.73 bits per heavy atom. The highest BCUT2D eigenvalue weighted by Gasteiger charge is 2.29. The molecular weight excluding hydrogens is 344 g/mol. The lowest BCUT2D eigenvalue weighted by Crippen LogP contribution is -2.14. The largest absolute Gasteiger partial charge is 0.326 e. The summed E-state index contributed by atoms with van der Waals surface area (Å²) in [5, 5.41) is 2.80. The first-order valence-corrected chi connectivity index (χ1v) is 9.31. The Balaban J connectivity index is 1.69. The maximum atomic E-state index is 12.1. The van der Waals surface area contributed by atoms with Crippen molar-refractivity contribution >= 4 is 50.2 Å². The Bertz CT molecular complexity index is 796. The molecule has 0 radical (unpaired) electrons. The predicted octanol–water partition coefficient (Wildman–Crippen LogP) is 3.55. The number of hydrogen-bond donors (Lipinski definition) is 2. The van der Waals surface area contributed by atoms with Crippen molar-refractivity contribution in [3.8, 4) is 0 Å². The summed E-state index contributed by atoms with van der Waals surface area (Å²) in [6.45, 7) is 0. The number of amides is 1. The topological polar surface area (TPSA) is 75.3 Å². The van der Waals surface area contributed by atoms with Gasteiger partial charge in [-0.15, -0.1) is 11.3 Å². The van der Waals surface area contributed by atoms with Crippen LogP contribution in [0.4, 0.5) is 11.4 Å². The van der Waals surface area contributed by atoms with Crippen LogP contribution in [0.15, 0.2) is 40.6 Å². The van der Waals surface area contributed by atoms with Crippen molar-refractivity contribution in [3.05, 3.63) is 40.7 Å². The first-order valence-electron chi connectivity index (χ1n) is 6.63. The van der Waals surface area contributed by atoms with E-state index in [0.717, 1.165) is 24.2 Å². The maximum absolute atomic E-state index is 12.1. The number of rotatable bonds is 5. The molecule has 0 atom stereocenters. The monoisotopic (exact) mass is 356 g/mol. The first-order chi connectivity index (χ1) is 10.4. The van der Waals surface area contributed by atoms with Gasteiger partial charge in [-0.05, 0) is 49.2 Å². The number of halogens is 1. The molecule has 1 heterocycles. The van der Waals surface area contributed by atoms with E-state index in [2.05, 4.69) is 10.0 Å². The zero-order chi connectivity index (χ0) is 15.7. The van der Waals surface area contributed by atoms with Crippen molar-refractivity contribution in [2.45, 2.75) is 17.1 Å². The van der Waals surface area contributed by atoms with Gasteiger partial charge in [0.2, 0.25) is 5.91 Å². The molecule has 1 fully saturated rings. The van der Waals surface area contributed by atoms with Crippen LogP contribution >= 0.6 is 22.9 Å². The standard InChI is InChI=1S/C14H13ClN2O3S2/c15-12-7-8-13(21-12)22(19,20)17-11-5-3-10(4-6-11)16-14(18)9-1-2-9/h3-9,17H,1-2H2,(H,16,18). The highest BCUT2D eigenvalue weighted by molar-refractivity contribution is 7.94. The van der Waals surface area contributed by atoms with Gasteiger partial charge in [0.15, 0.2) is 0 Å². The van der Waals surface area contributed by atoms with E-state index < -0.39 is 10.0 Å². The smallest absolute Gasteiger partial charge is 0.271 e. The summed E-state index contributed by atoms with van der Waals surface area (Å²) in [4.78, 5) is 11.6. The van der Waals surface area contributed by atoms with E-state index in [-0.39, 0.29) is 16.0 Å². The average molecular weight is 357 g/mol. The van der Waals surface area contributed by atoms with E-state index in [1.165, 1.54) is 12.1 Å². The molecule has 22 heavy (non-hydrogen) atoms. The van der Waals surface area contributed by atoms with Crippen molar-refractivity contribution in [2.75, 3.05) is 10.0 Å². The van der Waals surface area contributed by atoms with E-state index in [4.69, 9.17) is 11.6 Å². The fraction of sp³-hybridized carbons (Fsp3) is 0.214. The number of carbonyl (C=O) groups excluding carboxylic acids is 1. The summed E-state index contributed by atoms with van der Waals surface area (Å²) in [7, 11) is -3.64. The number of anilines is 2. The minimum absolute atomic E-state index is 0.0153. The molecule has 1 aromatic heterocycles. The van der Waals surface area contributed by atoms with Crippen molar-refractivity contribution in [1.29, 1.82) is 0 Å². The zero-order valence-electron chi connectivity index (χ0n) is 11.4. The number of hydrogen-bond acceptors (Lipinski definition) is 4. The minimum Gasteiger partial charge on any atom is -0.326 e. The molecule has 0 aliphatic heterocycles. The Morgan fingerprint density at radius 3 is 2.27 bits per heavy atom. The Kier molecular flexibility index (Phi) is 4.12. The van der Waals surface area contributed by atoms with E-state index in [0.29, 0.717) is 15.7 Å². The molecular formula is C14H13ClN2O3S2. The van der Waals surface area contributed by atoms with Crippen LogP contribution < -0.4 is 10.0 Å². The van der Waals surface area contributed by atoms with Crippen molar-refractivity contribution in [1.82, 2.24) is 0 Å². The lowest BCUT2D eigenvalue weighted by molar-refractivity contribution is -0.117. The molecule has 0 bridgehead atoms. The fourth-order valence-corrected chi connectivity index (χ4v) is 4.40. The van der Waals surface area contributed by atoms with Gasteiger partial charge in [0.25, 0.3) is 10.0 Å². The van der Waals surface area contributed by atoms with Crippen LogP contribution in [0.5, 0.6) is 0 Å². The third-order valence-corrected chi connectivity index (χ3v) is 6.27. The third-order valence-electron chi connectivity index (χ3n) is 3.17. The highest BCUT2D eigenvalue weighted by Crippen LogP contribution is 2.30. The Morgan fingerprint density at radius 1 is 1.09 bits per heavy atom. The summed E-state index contributed by atoms with van der Waals surface area (Å²) in [6.07, 6.45) is 1.88. The molecule has 1 saturated carbocycles. The van der Waals surface area contributed by atoms with Crippen LogP contribution in [-0.2, 0) is 14.8 Å². The Labute approximate surface area is 137 Å². The summed E-state index contributed by atoms with van der Waals surface area (Å²) in [5.41, 5.74) is 1.08. The van der Waals surface area contributed by atoms with Gasteiger partial charge in [0.05, 0.1) is 4.34 Å². The number of thiophene rings is 1. The van der Waals surface area contributed by atoms with E-state index in [1.54, 1.807) is 24.3 Å². The second-order valence-corrected chi connectivity index (χ2v) is 8.63. The molecule has 1 aliphatic rings. The molecule has 8 heteroatoms. The summed E-state index contributed by atoms with van der Waals surface area (Å²) in [6, 6.07) is 9.54. The second-order valence-electron chi connectivity index (χ2n) is 5.00. The van der Waals surface area contributed by atoms with E-state index in [1.807, 2.05) is 0 Å². The molecule has 0 spiro atoms. The van der Waals surface area contributed by atoms with Gasteiger partial charge in [-0.3, -0.25) is 9.52 Å². The van der Waals surface area contributed by atoms with Gasteiger partial charge in [-0.25, -0.2) is 8.42 Å². The van der Waals surface area contributed by atoms with E-state index in [9.17, 15) is 13.2 Å². The van der Waals surface area contributed by atoms with Crippen LogP contribution in [0.25, 0.3) is 0 Å². The van der Waals surface area contributed by atoms with Gasteiger partial charge in [-0.2, -0.15) is 0 Å². The van der Waals surface area contributed by atoms with Crippen LogP contribution in [0.2, 0.25) is 4.34 Å². The van der Waals surface area contributed by atoms with Crippen molar-refractivity contribution in [2.24, 2.45) is 5.92 Å². The Hall–Kier alpha value is -1.57. The van der Waals surface area contributed by atoms with Crippen molar-refractivity contribution in [3.63, 3.8) is 0 Å². The maximum Gasteiger partial charge on any atom is 0.271 e. The van der Waals surface area contributed by atoms with Gasteiger partial charge in [0.1, 0.15) is 4.21 Å². The molecule has 1 aliphatic carbocycles. The zero-order valence-corrected chi connectivity index (χ0v) is 13.8. The average Bonchev–Trinajstić information content (AvgIpc) is 3.22. The molecule has 2 N–H and O–H groups in total. The molecule has 3 rings (SSSR count). The van der Waals surface area contributed by atoms with Gasteiger partial charge >= 0.3 is 0 Å². The summed E-state index contributed by atoms with van der Waals surface area (Å²) >= 11 is 6.75. The molecule has 0 saturated heterocycles. The number of carbonyl (C=O) groups is 1. The molecule has 5 nitrogen and oxygen atoms in total. The van der Waals surface area contributed by atoms with Crippen LogP contribution in [0.1, 0.15) is 12.8 Å². The third kappa shape index (κ3) is 3.60. The number of sulfonamides is 1. The molecule has 116 valence electrons. The summed E-state index contributed by atoms with van der Waals surface area (Å²) in [5.74, 6) is 0.142. The second kappa shape index (κ2) is 5.91. The molecule has 1 aromatic carbocycles. The fourth-order valence-electron chi connectivity index (χ4n) is 1.86. The van der Waals surface area contributed by atoms with Crippen LogP contribution in [-0.4, -0.2) is 14.3 Å². The van der Waals surface area contributed by atoms with Crippen LogP contribution in [0.3, 0.4) is 0 Å². The van der Waals surface area contributed by atoms with Gasteiger partial charge in [-0.1, -0.05) is 11.6 Å². The van der Waals surface area contributed by atoms with Gasteiger partial charge in [0, 0.05) is 17.3 Å². The quantitative estimate of drug-likeness (QED) is 0.860. The van der Waals surface area contributed by atoms with Crippen molar-refractivity contribution < 1.29 is 13.2 Å². The number of nitrogens with one attached hydrogen (secondary N) is 2. The van der Waals surface area contributed by atoms with E-state index >= 15 is 0 Å². The molecule has 2 aromatic rings. The SMILES string of the molecule is O=C(Nc1ccc(NS(=O)(=O)c2ccc(Cl)s2)cc1)C1CC1. The normalized spacial score (nSPS) is 14.6. The highest BCUT2D eigenvalue weighted by atomic mass is 35.5. The summed E-state index contributed by atoms with van der Waals surface area (Å²) < 4.78 is 27.3. The lowest BCUT2D eigenvalue weighted by Gasteiger charge is -2.08.